The number of nitrogens with one attached hydrogen (secondary N) is 1. The van der Waals surface area contributed by atoms with Gasteiger partial charge in [0.15, 0.2) is 0 Å². The van der Waals surface area contributed by atoms with Crippen LogP contribution in [0.4, 0.5) is 5.69 Å². The number of benzene rings is 2. The number of hydrogen-bond donors (Lipinski definition) is 1. The second-order valence-corrected chi connectivity index (χ2v) is 5.38. The Kier molecular flexibility index (Phi) is 5.11. The molecule has 2 aromatic carbocycles. The zero-order valence-corrected chi connectivity index (χ0v) is 13.0. The van der Waals surface area contributed by atoms with Crippen molar-refractivity contribution in [2.75, 3.05) is 11.9 Å². The van der Waals surface area contributed by atoms with Gasteiger partial charge >= 0.3 is 0 Å². The highest BCUT2D eigenvalue weighted by molar-refractivity contribution is 9.10. The van der Waals surface area contributed by atoms with E-state index in [2.05, 4.69) is 27.3 Å². The first-order valence-electron chi connectivity index (χ1n) is 6.09. The lowest BCUT2D eigenvalue weighted by atomic mass is 10.2. The van der Waals surface area contributed by atoms with Gasteiger partial charge in [0.1, 0.15) is 5.75 Å². The maximum Gasteiger partial charge on any atom is 0.119 e. The van der Waals surface area contributed by atoms with Crippen LogP contribution in [-0.2, 0) is 6.54 Å². The molecule has 2 aromatic rings. The number of halogens is 2. The standard InChI is InChI=1S/C15H15BrClNO/c1-2-19-13-5-3-4-11(8-13)10-18-15-7-6-12(16)9-14(15)17/h3-9,18H,2,10H2,1H3. The third kappa shape index (κ3) is 4.15. The summed E-state index contributed by atoms with van der Waals surface area (Å²) >= 11 is 9.55. The molecule has 0 heterocycles. The first kappa shape index (κ1) is 14.2. The Morgan fingerprint density at radius 2 is 2.05 bits per heavy atom. The molecule has 0 aliphatic carbocycles. The van der Waals surface area contributed by atoms with Crippen LogP contribution in [0.15, 0.2) is 46.9 Å². The number of anilines is 1. The number of rotatable bonds is 5. The Hall–Kier alpha value is -1.19. The molecule has 2 rings (SSSR count). The van der Waals surface area contributed by atoms with Crippen LogP contribution in [0, 0.1) is 0 Å². The number of hydrogen-bond acceptors (Lipinski definition) is 2. The maximum absolute atomic E-state index is 6.16. The third-order valence-electron chi connectivity index (χ3n) is 2.62. The van der Waals surface area contributed by atoms with E-state index in [1.807, 2.05) is 43.3 Å². The molecule has 1 N–H and O–H groups in total. The molecule has 0 saturated heterocycles. The van der Waals surface area contributed by atoms with Crippen molar-refractivity contribution in [2.24, 2.45) is 0 Å². The minimum Gasteiger partial charge on any atom is -0.494 e. The Morgan fingerprint density at radius 1 is 1.21 bits per heavy atom. The van der Waals surface area contributed by atoms with Gasteiger partial charge in [-0.05, 0) is 42.8 Å². The SMILES string of the molecule is CCOc1cccc(CNc2ccc(Br)cc2Cl)c1. The Morgan fingerprint density at radius 3 is 2.79 bits per heavy atom. The molecule has 0 atom stereocenters. The highest BCUT2D eigenvalue weighted by Crippen LogP contribution is 2.26. The normalized spacial score (nSPS) is 10.3. The van der Waals surface area contributed by atoms with E-state index < -0.39 is 0 Å². The average molecular weight is 341 g/mol. The highest BCUT2D eigenvalue weighted by atomic mass is 79.9. The Labute approximate surface area is 126 Å². The summed E-state index contributed by atoms with van der Waals surface area (Å²) in [6.07, 6.45) is 0. The van der Waals surface area contributed by atoms with Gasteiger partial charge in [0.05, 0.1) is 17.3 Å². The van der Waals surface area contributed by atoms with Crippen LogP contribution < -0.4 is 10.1 Å². The summed E-state index contributed by atoms with van der Waals surface area (Å²) < 4.78 is 6.45. The molecule has 0 amide bonds. The largest absolute Gasteiger partial charge is 0.494 e. The van der Waals surface area contributed by atoms with Gasteiger partial charge in [-0.3, -0.25) is 0 Å². The predicted octanol–water partition coefficient (Wildman–Crippen LogP) is 5.11. The van der Waals surface area contributed by atoms with Gasteiger partial charge in [0.2, 0.25) is 0 Å². The van der Waals surface area contributed by atoms with E-state index in [9.17, 15) is 0 Å². The number of ether oxygens (including phenoxy) is 1. The van der Waals surface area contributed by atoms with Gasteiger partial charge in [-0.2, -0.15) is 0 Å². The molecule has 0 radical (unpaired) electrons. The fraction of sp³-hybridized carbons (Fsp3) is 0.200. The van der Waals surface area contributed by atoms with Crippen molar-refractivity contribution in [3.63, 3.8) is 0 Å². The fourth-order valence-electron chi connectivity index (χ4n) is 1.74. The van der Waals surface area contributed by atoms with Gasteiger partial charge in [-0.25, -0.2) is 0 Å². The van der Waals surface area contributed by atoms with E-state index in [4.69, 9.17) is 16.3 Å². The van der Waals surface area contributed by atoms with E-state index in [1.54, 1.807) is 0 Å². The van der Waals surface area contributed by atoms with Crippen molar-refractivity contribution in [2.45, 2.75) is 13.5 Å². The average Bonchev–Trinajstić information content (AvgIpc) is 2.38. The van der Waals surface area contributed by atoms with Crippen molar-refractivity contribution in [1.29, 1.82) is 0 Å². The lowest BCUT2D eigenvalue weighted by Crippen LogP contribution is -2.00. The highest BCUT2D eigenvalue weighted by Gasteiger charge is 2.01. The molecule has 0 unspecified atom stereocenters. The molecular weight excluding hydrogens is 326 g/mol. The van der Waals surface area contributed by atoms with Crippen LogP contribution >= 0.6 is 27.5 Å². The first-order chi connectivity index (χ1) is 9.19. The minimum absolute atomic E-state index is 0.676. The lowest BCUT2D eigenvalue weighted by Gasteiger charge is -2.10. The molecule has 100 valence electrons. The molecule has 0 bridgehead atoms. The van der Waals surface area contributed by atoms with E-state index >= 15 is 0 Å². The van der Waals surface area contributed by atoms with Gasteiger partial charge < -0.3 is 10.1 Å². The monoisotopic (exact) mass is 339 g/mol. The fourth-order valence-corrected chi connectivity index (χ4v) is 2.48. The summed E-state index contributed by atoms with van der Waals surface area (Å²) in [5.74, 6) is 0.892. The molecule has 4 heteroatoms. The topological polar surface area (TPSA) is 21.3 Å². The van der Waals surface area contributed by atoms with Crippen LogP contribution in [0.5, 0.6) is 5.75 Å². The predicted molar refractivity (Wildman–Crippen MR) is 84.1 cm³/mol. The molecule has 0 spiro atoms. The molecule has 0 aromatic heterocycles. The second-order valence-electron chi connectivity index (χ2n) is 4.06. The third-order valence-corrected chi connectivity index (χ3v) is 3.43. The quantitative estimate of drug-likeness (QED) is 0.816. The molecular formula is C15H15BrClNO. The van der Waals surface area contributed by atoms with E-state index in [0.29, 0.717) is 18.2 Å². The smallest absolute Gasteiger partial charge is 0.119 e. The van der Waals surface area contributed by atoms with Crippen LogP contribution in [0.1, 0.15) is 12.5 Å². The van der Waals surface area contributed by atoms with Crippen molar-refractivity contribution in [3.05, 3.63) is 57.5 Å². The summed E-state index contributed by atoms with van der Waals surface area (Å²) in [6, 6.07) is 13.8. The lowest BCUT2D eigenvalue weighted by molar-refractivity contribution is 0.340. The first-order valence-corrected chi connectivity index (χ1v) is 7.27. The van der Waals surface area contributed by atoms with Crippen molar-refractivity contribution >= 4 is 33.2 Å². The summed E-state index contributed by atoms with van der Waals surface area (Å²) in [5.41, 5.74) is 2.08. The van der Waals surface area contributed by atoms with E-state index in [0.717, 1.165) is 21.5 Å². The summed E-state index contributed by atoms with van der Waals surface area (Å²) in [6.45, 7) is 3.37. The van der Waals surface area contributed by atoms with Crippen LogP contribution in [-0.4, -0.2) is 6.61 Å². The Bertz CT molecular complexity index is 560. The second kappa shape index (κ2) is 6.83. The molecule has 0 aliphatic rings. The van der Waals surface area contributed by atoms with Crippen molar-refractivity contribution < 1.29 is 4.74 Å². The molecule has 0 saturated carbocycles. The van der Waals surface area contributed by atoms with Gasteiger partial charge in [0.25, 0.3) is 0 Å². The van der Waals surface area contributed by atoms with Crippen LogP contribution in [0.25, 0.3) is 0 Å². The van der Waals surface area contributed by atoms with E-state index in [1.165, 1.54) is 0 Å². The zero-order valence-electron chi connectivity index (χ0n) is 10.6. The molecule has 19 heavy (non-hydrogen) atoms. The maximum atomic E-state index is 6.16. The molecule has 0 fully saturated rings. The molecule has 0 aliphatic heterocycles. The Balaban J connectivity index is 2.03. The summed E-state index contributed by atoms with van der Waals surface area (Å²) in [7, 11) is 0. The van der Waals surface area contributed by atoms with E-state index in [-0.39, 0.29) is 0 Å². The van der Waals surface area contributed by atoms with Crippen molar-refractivity contribution in [3.8, 4) is 5.75 Å². The summed E-state index contributed by atoms with van der Waals surface area (Å²) in [5, 5.41) is 4.02. The zero-order chi connectivity index (χ0) is 13.7. The van der Waals surface area contributed by atoms with Crippen molar-refractivity contribution in [1.82, 2.24) is 0 Å². The van der Waals surface area contributed by atoms with Crippen LogP contribution in [0.2, 0.25) is 5.02 Å². The van der Waals surface area contributed by atoms with Gasteiger partial charge in [-0.1, -0.05) is 39.7 Å². The van der Waals surface area contributed by atoms with Crippen LogP contribution in [0.3, 0.4) is 0 Å². The minimum atomic E-state index is 0.676. The molecule has 2 nitrogen and oxygen atoms in total. The van der Waals surface area contributed by atoms with Gasteiger partial charge in [0, 0.05) is 11.0 Å². The van der Waals surface area contributed by atoms with Gasteiger partial charge in [-0.15, -0.1) is 0 Å². The summed E-state index contributed by atoms with van der Waals surface area (Å²) in [4.78, 5) is 0.